The van der Waals surface area contributed by atoms with Gasteiger partial charge in [-0.15, -0.1) is 0 Å². The van der Waals surface area contributed by atoms with Crippen molar-refractivity contribution in [2.24, 2.45) is 0 Å². The third kappa shape index (κ3) is 0.806. The summed E-state index contributed by atoms with van der Waals surface area (Å²) in [6, 6.07) is 7.76. The van der Waals surface area contributed by atoms with Crippen LogP contribution in [-0.2, 0) is 0 Å². The Morgan fingerprint density at radius 1 is 1.14 bits per heavy atom. The molecule has 0 amide bonds. The third-order valence-corrected chi connectivity index (χ3v) is 2.14. The van der Waals surface area contributed by atoms with Gasteiger partial charge in [0.2, 0.25) is 5.95 Å². The molecule has 0 fully saturated rings. The van der Waals surface area contributed by atoms with Crippen LogP contribution >= 0.6 is 0 Å². The Bertz CT molecular complexity index is 613. The van der Waals surface area contributed by atoms with Crippen molar-refractivity contribution in [3.63, 3.8) is 0 Å². The quantitative estimate of drug-likeness (QED) is 0.564. The van der Waals surface area contributed by atoms with Crippen molar-refractivity contribution >= 4 is 22.5 Å². The Balaban J connectivity index is 2.63. The molecule has 0 aliphatic carbocycles. The second-order valence-corrected chi connectivity index (χ2v) is 2.98. The molecule has 1 aromatic carbocycles. The molecule has 0 radical (unpaired) electrons. The molecule has 14 heavy (non-hydrogen) atoms. The van der Waals surface area contributed by atoms with Crippen molar-refractivity contribution in [2.45, 2.75) is 0 Å². The maximum absolute atomic E-state index is 5.67. The Morgan fingerprint density at radius 2 is 2.00 bits per heavy atom. The minimum Gasteiger partial charge on any atom is -0.368 e. The molecular weight excluding hydrogens is 178 g/mol. The van der Waals surface area contributed by atoms with E-state index in [1.165, 1.54) is 6.33 Å². The molecular formula is C9H7N5. The summed E-state index contributed by atoms with van der Waals surface area (Å²) < 4.78 is 1.55. The molecule has 3 rings (SSSR count). The average molecular weight is 185 g/mol. The van der Waals surface area contributed by atoms with Crippen LogP contribution in [0.4, 0.5) is 5.95 Å². The van der Waals surface area contributed by atoms with Crippen LogP contribution in [0.1, 0.15) is 0 Å². The van der Waals surface area contributed by atoms with Crippen LogP contribution in [0.25, 0.3) is 16.6 Å². The van der Waals surface area contributed by atoms with Gasteiger partial charge in [-0.1, -0.05) is 12.1 Å². The van der Waals surface area contributed by atoms with Crippen LogP contribution in [0, 0.1) is 0 Å². The van der Waals surface area contributed by atoms with Crippen LogP contribution in [-0.4, -0.2) is 19.6 Å². The van der Waals surface area contributed by atoms with Crippen molar-refractivity contribution in [1.82, 2.24) is 19.6 Å². The van der Waals surface area contributed by atoms with Crippen LogP contribution in [0.15, 0.2) is 30.6 Å². The number of nitrogens with two attached hydrogens (primary N) is 1. The van der Waals surface area contributed by atoms with Gasteiger partial charge in [0.25, 0.3) is 0 Å². The summed E-state index contributed by atoms with van der Waals surface area (Å²) in [5.41, 5.74) is 7.29. The number of aromatic nitrogens is 4. The highest BCUT2D eigenvalue weighted by Crippen LogP contribution is 2.17. The highest BCUT2D eigenvalue weighted by Gasteiger charge is 2.06. The van der Waals surface area contributed by atoms with Crippen molar-refractivity contribution in [2.75, 3.05) is 5.73 Å². The largest absolute Gasteiger partial charge is 0.368 e. The number of hydrogen-bond donors (Lipinski definition) is 1. The molecule has 5 heteroatoms. The molecule has 2 aromatic heterocycles. The summed E-state index contributed by atoms with van der Waals surface area (Å²) in [7, 11) is 0. The zero-order chi connectivity index (χ0) is 9.54. The zero-order valence-corrected chi connectivity index (χ0v) is 7.25. The second kappa shape index (κ2) is 2.41. The maximum atomic E-state index is 5.67. The van der Waals surface area contributed by atoms with E-state index in [2.05, 4.69) is 15.1 Å². The monoisotopic (exact) mass is 185 g/mol. The molecule has 3 aromatic rings. The van der Waals surface area contributed by atoms with Gasteiger partial charge in [-0.05, 0) is 12.1 Å². The van der Waals surface area contributed by atoms with Crippen LogP contribution < -0.4 is 5.73 Å². The van der Waals surface area contributed by atoms with Gasteiger partial charge in [0.15, 0.2) is 5.65 Å². The lowest BCUT2D eigenvalue weighted by molar-refractivity contribution is 0.922. The third-order valence-electron chi connectivity index (χ3n) is 2.14. The number of rotatable bonds is 0. The lowest BCUT2D eigenvalue weighted by atomic mass is 10.2. The highest BCUT2D eigenvalue weighted by atomic mass is 15.3. The fourth-order valence-electron chi connectivity index (χ4n) is 1.50. The Labute approximate surface area is 79.2 Å². The summed E-state index contributed by atoms with van der Waals surface area (Å²) in [6.45, 7) is 0. The molecule has 2 N–H and O–H groups in total. The zero-order valence-electron chi connectivity index (χ0n) is 7.25. The van der Waals surface area contributed by atoms with Crippen LogP contribution in [0.2, 0.25) is 0 Å². The first-order chi connectivity index (χ1) is 6.86. The number of nitrogen functional groups attached to an aromatic ring is 1. The van der Waals surface area contributed by atoms with E-state index in [0.29, 0.717) is 5.95 Å². The minimum atomic E-state index is 0.353. The van der Waals surface area contributed by atoms with E-state index in [9.17, 15) is 0 Å². The molecule has 0 bridgehead atoms. The van der Waals surface area contributed by atoms with Crippen LogP contribution in [0.3, 0.4) is 0 Å². The first-order valence-electron chi connectivity index (χ1n) is 4.20. The van der Waals surface area contributed by atoms with E-state index in [-0.39, 0.29) is 0 Å². The normalized spacial score (nSPS) is 11.1. The van der Waals surface area contributed by atoms with E-state index in [4.69, 9.17) is 5.73 Å². The van der Waals surface area contributed by atoms with Crippen molar-refractivity contribution < 1.29 is 0 Å². The van der Waals surface area contributed by atoms with E-state index >= 15 is 0 Å². The molecule has 0 atom stereocenters. The van der Waals surface area contributed by atoms with Crippen molar-refractivity contribution in [1.29, 1.82) is 0 Å². The minimum absolute atomic E-state index is 0.353. The number of anilines is 1. The summed E-state index contributed by atoms with van der Waals surface area (Å²) in [5, 5.41) is 5.27. The molecule has 0 saturated heterocycles. The first kappa shape index (κ1) is 7.25. The predicted octanol–water partition coefficient (Wildman–Crippen LogP) is 0.860. The van der Waals surface area contributed by atoms with E-state index in [1.807, 2.05) is 24.3 Å². The lowest BCUT2D eigenvalue weighted by Crippen LogP contribution is -2.01. The lowest BCUT2D eigenvalue weighted by Gasteiger charge is -1.93. The fourth-order valence-corrected chi connectivity index (χ4v) is 1.50. The fraction of sp³-hybridized carbons (Fsp3) is 0. The number of hydrogen-bond acceptors (Lipinski definition) is 4. The molecule has 68 valence electrons. The van der Waals surface area contributed by atoms with Crippen molar-refractivity contribution in [3.8, 4) is 0 Å². The molecule has 0 spiro atoms. The highest BCUT2D eigenvalue weighted by molar-refractivity contribution is 5.92. The standard InChI is InChI=1S/C9H7N5/c10-9-12-5-11-8-6-3-1-2-4-7(6)13-14(8)9/h1-5H,(H2,10,11,12). The SMILES string of the molecule is Nc1ncnc2c3ccccc3nn12. The molecule has 5 nitrogen and oxygen atoms in total. The van der Waals surface area contributed by atoms with Crippen molar-refractivity contribution in [3.05, 3.63) is 30.6 Å². The first-order valence-corrected chi connectivity index (χ1v) is 4.20. The summed E-state index contributed by atoms with van der Waals surface area (Å²) in [5.74, 6) is 0.353. The van der Waals surface area contributed by atoms with Gasteiger partial charge >= 0.3 is 0 Å². The predicted molar refractivity (Wildman–Crippen MR) is 52.7 cm³/mol. The van der Waals surface area contributed by atoms with Crippen LogP contribution in [0.5, 0.6) is 0 Å². The smallest absolute Gasteiger partial charge is 0.224 e. The number of fused-ring (bicyclic) bond motifs is 3. The average Bonchev–Trinajstić information content (AvgIpc) is 2.59. The Kier molecular flexibility index (Phi) is 1.25. The van der Waals surface area contributed by atoms with Gasteiger partial charge in [-0.25, -0.2) is 9.97 Å². The molecule has 0 aliphatic rings. The van der Waals surface area contributed by atoms with Gasteiger partial charge in [-0.3, -0.25) is 0 Å². The van der Waals surface area contributed by atoms with E-state index in [1.54, 1.807) is 4.52 Å². The molecule has 0 unspecified atom stereocenters. The summed E-state index contributed by atoms with van der Waals surface area (Å²) in [4.78, 5) is 8.01. The van der Waals surface area contributed by atoms with Gasteiger partial charge in [-0.2, -0.15) is 9.61 Å². The van der Waals surface area contributed by atoms with Gasteiger partial charge in [0, 0.05) is 5.39 Å². The van der Waals surface area contributed by atoms with Gasteiger partial charge in [0.05, 0.1) is 5.52 Å². The summed E-state index contributed by atoms with van der Waals surface area (Å²) >= 11 is 0. The van der Waals surface area contributed by atoms with E-state index in [0.717, 1.165) is 16.6 Å². The summed E-state index contributed by atoms with van der Waals surface area (Å²) in [6.07, 6.45) is 1.44. The van der Waals surface area contributed by atoms with E-state index < -0.39 is 0 Å². The van der Waals surface area contributed by atoms with Gasteiger partial charge < -0.3 is 5.73 Å². The number of nitrogens with zero attached hydrogens (tertiary/aromatic N) is 4. The maximum Gasteiger partial charge on any atom is 0.224 e. The topological polar surface area (TPSA) is 69.1 Å². The Hall–Kier alpha value is -2.17. The molecule has 2 heterocycles. The second-order valence-electron chi connectivity index (χ2n) is 2.98. The molecule has 0 saturated carbocycles. The van der Waals surface area contributed by atoms with Gasteiger partial charge in [0.1, 0.15) is 6.33 Å². The number of benzene rings is 1. The molecule has 0 aliphatic heterocycles. The Morgan fingerprint density at radius 3 is 2.93 bits per heavy atom.